The van der Waals surface area contributed by atoms with Gasteiger partial charge in [0.05, 0.1) is 26.4 Å². The molecule has 0 saturated heterocycles. The van der Waals surface area contributed by atoms with E-state index in [1.54, 1.807) is 6.92 Å². The van der Waals surface area contributed by atoms with Crippen molar-refractivity contribution in [2.45, 2.75) is 6.92 Å². The number of aryl methyl sites for hydroxylation is 1. The summed E-state index contributed by atoms with van der Waals surface area (Å²) < 4.78 is 16.2. The quantitative estimate of drug-likeness (QED) is 0.630. The van der Waals surface area contributed by atoms with Crippen LogP contribution in [0.4, 0.5) is 0 Å². The average molecular weight is 356 g/mol. The minimum atomic E-state index is 0. The van der Waals surface area contributed by atoms with Gasteiger partial charge in [-0.25, -0.2) is 0 Å². The lowest BCUT2D eigenvalue weighted by atomic mass is 10.2. The molecule has 8 nitrogen and oxygen atoms in total. The molecule has 0 bridgehead atoms. The number of hydrogen-bond donors (Lipinski definition) is 1. The van der Waals surface area contributed by atoms with Crippen molar-refractivity contribution in [2.75, 3.05) is 39.6 Å². The zero-order chi connectivity index (χ0) is 16.3. The number of halogens is 1. The Morgan fingerprint density at radius 2 is 1.42 bits per heavy atom. The Morgan fingerprint density at radius 3 is 2.04 bits per heavy atom. The Labute approximate surface area is 147 Å². The average Bonchev–Trinajstić information content (AvgIpc) is 2.59. The Bertz CT molecular complexity index is 568. The van der Waals surface area contributed by atoms with Crippen LogP contribution in [0.1, 0.15) is 5.82 Å². The number of nitrogens with two attached hydrogens (primary N) is 1. The molecule has 2 rings (SSSR count). The predicted molar refractivity (Wildman–Crippen MR) is 91.2 cm³/mol. The molecule has 1 aromatic carbocycles. The van der Waals surface area contributed by atoms with Gasteiger partial charge in [0.25, 0.3) is 0 Å². The van der Waals surface area contributed by atoms with Crippen LogP contribution in [-0.2, 0) is 9.47 Å². The van der Waals surface area contributed by atoms with Gasteiger partial charge in [-0.3, -0.25) is 0 Å². The topological polar surface area (TPSA) is 105 Å². The molecule has 0 saturated carbocycles. The van der Waals surface area contributed by atoms with Crippen molar-refractivity contribution in [3.05, 3.63) is 30.1 Å². The van der Waals surface area contributed by atoms with Crippen molar-refractivity contribution in [1.29, 1.82) is 0 Å². The lowest BCUT2D eigenvalue weighted by Gasteiger charge is -2.08. The highest BCUT2D eigenvalue weighted by Gasteiger charge is 2.03. The first-order valence-electron chi connectivity index (χ1n) is 7.42. The molecular weight excluding hydrogens is 334 g/mol. The fraction of sp³-hybridized carbons (Fsp3) is 0.467. The normalized spacial score (nSPS) is 10.2. The van der Waals surface area contributed by atoms with Crippen LogP contribution < -0.4 is 10.5 Å². The second kappa shape index (κ2) is 11.6. The summed E-state index contributed by atoms with van der Waals surface area (Å²) in [6.07, 6.45) is 0. The first-order valence-corrected chi connectivity index (χ1v) is 7.42. The molecule has 0 amide bonds. The predicted octanol–water partition coefficient (Wildman–Crippen LogP) is 1.03. The molecule has 2 aromatic rings. The summed E-state index contributed by atoms with van der Waals surface area (Å²) >= 11 is 0. The second-order valence-corrected chi connectivity index (χ2v) is 4.66. The van der Waals surface area contributed by atoms with E-state index in [1.165, 1.54) is 0 Å². The van der Waals surface area contributed by atoms with Crippen LogP contribution >= 0.6 is 12.4 Å². The van der Waals surface area contributed by atoms with E-state index in [1.807, 2.05) is 24.3 Å². The van der Waals surface area contributed by atoms with Gasteiger partial charge in [0.1, 0.15) is 12.4 Å². The van der Waals surface area contributed by atoms with Gasteiger partial charge in [-0.15, -0.1) is 32.8 Å². The van der Waals surface area contributed by atoms with Crippen molar-refractivity contribution < 1.29 is 14.2 Å². The number of hydrogen-bond acceptors (Lipinski definition) is 8. The molecule has 0 spiro atoms. The highest BCUT2D eigenvalue weighted by molar-refractivity contribution is 5.85. The highest BCUT2D eigenvalue weighted by atomic mass is 35.5. The van der Waals surface area contributed by atoms with E-state index in [9.17, 15) is 0 Å². The van der Waals surface area contributed by atoms with Gasteiger partial charge in [-0.05, 0) is 31.2 Å². The maximum atomic E-state index is 5.59. The molecule has 132 valence electrons. The van der Waals surface area contributed by atoms with Gasteiger partial charge in [-0.2, -0.15) is 0 Å². The molecule has 0 radical (unpaired) electrons. The molecule has 0 aliphatic rings. The van der Waals surface area contributed by atoms with Gasteiger partial charge >= 0.3 is 0 Å². The van der Waals surface area contributed by atoms with Crippen LogP contribution in [-0.4, -0.2) is 60.0 Å². The number of ether oxygens (including phenoxy) is 3. The molecule has 0 atom stereocenters. The van der Waals surface area contributed by atoms with E-state index in [0.717, 1.165) is 11.3 Å². The number of nitrogens with zero attached hydrogens (tertiary/aromatic N) is 4. The fourth-order valence-corrected chi connectivity index (χ4v) is 1.72. The Hall–Kier alpha value is -1.87. The summed E-state index contributed by atoms with van der Waals surface area (Å²) in [5.74, 6) is 1.79. The first-order chi connectivity index (χ1) is 11.3. The number of rotatable bonds is 10. The smallest absolute Gasteiger partial charge is 0.203 e. The van der Waals surface area contributed by atoms with Crippen molar-refractivity contribution in [2.24, 2.45) is 5.73 Å². The van der Waals surface area contributed by atoms with E-state index < -0.39 is 0 Å². The first kappa shape index (κ1) is 20.2. The largest absolute Gasteiger partial charge is 0.491 e. The van der Waals surface area contributed by atoms with Gasteiger partial charge in [0.2, 0.25) is 5.82 Å². The van der Waals surface area contributed by atoms with Gasteiger partial charge in [0, 0.05) is 12.1 Å². The van der Waals surface area contributed by atoms with Crippen molar-refractivity contribution in [3.63, 3.8) is 0 Å². The van der Waals surface area contributed by atoms with E-state index >= 15 is 0 Å². The fourth-order valence-electron chi connectivity index (χ4n) is 1.72. The van der Waals surface area contributed by atoms with Crippen molar-refractivity contribution in [3.8, 4) is 17.1 Å². The van der Waals surface area contributed by atoms with Crippen LogP contribution in [0.2, 0.25) is 0 Å². The van der Waals surface area contributed by atoms with E-state index in [-0.39, 0.29) is 12.4 Å². The summed E-state index contributed by atoms with van der Waals surface area (Å²) in [5, 5.41) is 15.8. The summed E-state index contributed by atoms with van der Waals surface area (Å²) in [6, 6.07) is 7.43. The minimum Gasteiger partial charge on any atom is -0.491 e. The standard InChI is InChI=1S/C15H21N5O3.ClH/c1-12-17-19-15(20-18-12)13-2-4-14(5-3-13)23-11-10-22-9-8-21-7-6-16;/h2-5H,6-11,16H2,1H3;1H. The van der Waals surface area contributed by atoms with Crippen LogP contribution in [0.5, 0.6) is 5.75 Å². The summed E-state index contributed by atoms with van der Waals surface area (Å²) in [6.45, 7) is 4.88. The lowest BCUT2D eigenvalue weighted by molar-refractivity contribution is 0.0388. The molecule has 9 heteroatoms. The highest BCUT2D eigenvalue weighted by Crippen LogP contribution is 2.18. The molecule has 0 fully saturated rings. The van der Waals surface area contributed by atoms with Crippen LogP contribution in [0.25, 0.3) is 11.4 Å². The maximum absolute atomic E-state index is 5.59. The van der Waals surface area contributed by atoms with Crippen LogP contribution in [0.3, 0.4) is 0 Å². The van der Waals surface area contributed by atoms with Crippen molar-refractivity contribution in [1.82, 2.24) is 20.4 Å². The second-order valence-electron chi connectivity index (χ2n) is 4.66. The van der Waals surface area contributed by atoms with E-state index in [0.29, 0.717) is 51.2 Å². The molecular formula is C15H22ClN5O3. The lowest BCUT2D eigenvalue weighted by Crippen LogP contribution is -2.14. The number of benzene rings is 1. The molecule has 2 N–H and O–H groups in total. The summed E-state index contributed by atoms with van der Waals surface area (Å²) in [7, 11) is 0. The minimum absolute atomic E-state index is 0. The van der Waals surface area contributed by atoms with Crippen LogP contribution in [0, 0.1) is 6.92 Å². The van der Waals surface area contributed by atoms with Gasteiger partial charge in [0.15, 0.2) is 5.82 Å². The Kier molecular flexibility index (Phi) is 9.78. The Morgan fingerprint density at radius 1 is 0.833 bits per heavy atom. The third kappa shape index (κ3) is 7.14. The van der Waals surface area contributed by atoms with Crippen LogP contribution in [0.15, 0.2) is 24.3 Å². The zero-order valence-electron chi connectivity index (χ0n) is 13.6. The summed E-state index contributed by atoms with van der Waals surface area (Å²) in [5.41, 5.74) is 6.15. The van der Waals surface area contributed by atoms with E-state index in [2.05, 4.69) is 20.4 Å². The summed E-state index contributed by atoms with van der Waals surface area (Å²) in [4.78, 5) is 0. The van der Waals surface area contributed by atoms with E-state index in [4.69, 9.17) is 19.9 Å². The monoisotopic (exact) mass is 355 g/mol. The maximum Gasteiger partial charge on any atom is 0.203 e. The third-order valence-corrected chi connectivity index (χ3v) is 2.82. The Balaban J connectivity index is 0.00000288. The number of aromatic nitrogens is 4. The van der Waals surface area contributed by atoms with Crippen molar-refractivity contribution >= 4 is 12.4 Å². The zero-order valence-corrected chi connectivity index (χ0v) is 14.4. The molecule has 1 heterocycles. The third-order valence-electron chi connectivity index (χ3n) is 2.82. The molecule has 24 heavy (non-hydrogen) atoms. The molecule has 0 unspecified atom stereocenters. The molecule has 1 aromatic heterocycles. The molecule has 0 aliphatic heterocycles. The van der Waals surface area contributed by atoms with Gasteiger partial charge in [-0.1, -0.05) is 0 Å². The SMILES string of the molecule is Cc1nnc(-c2ccc(OCCOCCOCCN)cc2)nn1.Cl. The molecule has 0 aliphatic carbocycles. The van der Waals surface area contributed by atoms with Gasteiger partial charge < -0.3 is 19.9 Å².